The Balaban J connectivity index is 1.48. The second-order valence-corrected chi connectivity index (χ2v) is 7.20. The molecule has 2 unspecified atom stereocenters. The quantitative estimate of drug-likeness (QED) is 0.859. The lowest BCUT2D eigenvalue weighted by Gasteiger charge is -2.28. The van der Waals surface area contributed by atoms with Crippen LogP contribution in [-0.4, -0.2) is 25.3 Å². The first-order valence-electron chi connectivity index (χ1n) is 8.24. The van der Waals surface area contributed by atoms with Gasteiger partial charge in [0.1, 0.15) is 12.7 Å². The van der Waals surface area contributed by atoms with Gasteiger partial charge in [-0.2, -0.15) is 0 Å². The van der Waals surface area contributed by atoms with Gasteiger partial charge in [0.05, 0.1) is 0 Å². The van der Waals surface area contributed by atoms with Gasteiger partial charge in [-0.3, -0.25) is 0 Å². The molecule has 1 aliphatic heterocycles. The predicted octanol–water partition coefficient (Wildman–Crippen LogP) is 3.77. The summed E-state index contributed by atoms with van der Waals surface area (Å²) in [6.45, 7) is 6.30. The Morgan fingerprint density at radius 3 is 2.81 bits per heavy atom. The van der Waals surface area contributed by atoms with E-state index in [0.717, 1.165) is 18.0 Å². The van der Waals surface area contributed by atoms with Crippen molar-refractivity contribution in [2.45, 2.75) is 58.1 Å². The van der Waals surface area contributed by atoms with Crippen LogP contribution in [0.4, 0.5) is 0 Å². The largest absolute Gasteiger partial charge is 0.486 e. The zero-order valence-corrected chi connectivity index (χ0v) is 13.2. The van der Waals surface area contributed by atoms with Crippen LogP contribution in [0, 0.1) is 5.41 Å². The van der Waals surface area contributed by atoms with E-state index in [-0.39, 0.29) is 6.10 Å². The molecular formula is C18H27NO2. The number of benzene rings is 1. The molecule has 3 nitrogen and oxygen atoms in total. The highest BCUT2D eigenvalue weighted by molar-refractivity contribution is 5.40. The molecule has 0 bridgehead atoms. The number of ether oxygens (including phenoxy) is 2. The molecule has 1 fully saturated rings. The first-order chi connectivity index (χ1) is 10.1. The number of hydrogen-bond donors (Lipinski definition) is 1. The first-order valence-corrected chi connectivity index (χ1v) is 8.24. The third-order valence-electron chi connectivity index (χ3n) is 4.78. The average Bonchev–Trinajstić information content (AvgIpc) is 2.66. The summed E-state index contributed by atoms with van der Waals surface area (Å²) in [4.78, 5) is 0. The van der Waals surface area contributed by atoms with Crippen molar-refractivity contribution in [1.29, 1.82) is 0 Å². The summed E-state index contributed by atoms with van der Waals surface area (Å²) in [6.07, 6.45) is 6.67. The predicted molar refractivity (Wildman–Crippen MR) is 85.0 cm³/mol. The SMILES string of the molecule is CC1(C)CCCC(NCC2COc3ccccc3O2)CC1. The molecule has 3 rings (SSSR count). The fraction of sp³-hybridized carbons (Fsp3) is 0.667. The molecule has 1 N–H and O–H groups in total. The second-order valence-electron chi connectivity index (χ2n) is 7.20. The van der Waals surface area contributed by atoms with E-state index in [1.807, 2.05) is 24.3 Å². The third kappa shape index (κ3) is 3.91. The summed E-state index contributed by atoms with van der Waals surface area (Å²) >= 11 is 0. The molecule has 21 heavy (non-hydrogen) atoms. The molecule has 0 saturated heterocycles. The summed E-state index contributed by atoms with van der Waals surface area (Å²) in [5, 5.41) is 3.69. The van der Waals surface area contributed by atoms with Crippen molar-refractivity contribution < 1.29 is 9.47 Å². The minimum Gasteiger partial charge on any atom is -0.486 e. The summed E-state index contributed by atoms with van der Waals surface area (Å²) in [5.74, 6) is 1.74. The topological polar surface area (TPSA) is 30.5 Å². The number of hydrogen-bond acceptors (Lipinski definition) is 3. The fourth-order valence-electron chi connectivity index (χ4n) is 3.33. The number of nitrogens with one attached hydrogen (secondary N) is 1. The molecule has 1 saturated carbocycles. The zero-order chi connectivity index (χ0) is 14.7. The van der Waals surface area contributed by atoms with Crippen LogP contribution in [0.1, 0.15) is 46.0 Å². The standard InChI is InChI=1S/C18H27NO2/c1-18(2)10-5-6-14(9-11-18)19-12-15-13-20-16-7-3-4-8-17(16)21-15/h3-4,7-8,14-15,19H,5-6,9-13H2,1-2H3. The van der Waals surface area contributed by atoms with E-state index in [2.05, 4.69) is 19.2 Å². The summed E-state index contributed by atoms with van der Waals surface area (Å²) < 4.78 is 11.8. The van der Waals surface area contributed by atoms with Gasteiger partial charge in [-0.15, -0.1) is 0 Å². The molecule has 0 spiro atoms. The monoisotopic (exact) mass is 289 g/mol. The van der Waals surface area contributed by atoms with E-state index in [9.17, 15) is 0 Å². The van der Waals surface area contributed by atoms with Gasteiger partial charge in [-0.1, -0.05) is 32.4 Å². The molecule has 1 aromatic rings. The van der Waals surface area contributed by atoms with Crippen LogP contribution in [-0.2, 0) is 0 Å². The highest BCUT2D eigenvalue weighted by Gasteiger charge is 2.26. The Morgan fingerprint density at radius 1 is 1.14 bits per heavy atom. The fourth-order valence-corrected chi connectivity index (χ4v) is 3.33. The van der Waals surface area contributed by atoms with Crippen LogP contribution < -0.4 is 14.8 Å². The van der Waals surface area contributed by atoms with Crippen LogP contribution in [0.2, 0.25) is 0 Å². The van der Waals surface area contributed by atoms with E-state index in [1.165, 1.54) is 32.1 Å². The van der Waals surface area contributed by atoms with Gasteiger partial charge in [-0.05, 0) is 43.2 Å². The van der Waals surface area contributed by atoms with Gasteiger partial charge in [0.25, 0.3) is 0 Å². The van der Waals surface area contributed by atoms with Crippen LogP contribution in [0.25, 0.3) is 0 Å². The molecule has 0 radical (unpaired) electrons. The van der Waals surface area contributed by atoms with Crippen LogP contribution in [0.15, 0.2) is 24.3 Å². The highest BCUT2D eigenvalue weighted by Crippen LogP contribution is 2.34. The maximum Gasteiger partial charge on any atom is 0.161 e. The molecule has 2 aliphatic rings. The van der Waals surface area contributed by atoms with Gasteiger partial charge in [0, 0.05) is 12.6 Å². The molecule has 116 valence electrons. The second kappa shape index (κ2) is 6.27. The minimum absolute atomic E-state index is 0.121. The number of fused-ring (bicyclic) bond motifs is 1. The van der Waals surface area contributed by atoms with Gasteiger partial charge in [0.15, 0.2) is 11.5 Å². The van der Waals surface area contributed by atoms with E-state index >= 15 is 0 Å². The van der Waals surface area contributed by atoms with Crippen LogP contribution in [0.5, 0.6) is 11.5 Å². The summed E-state index contributed by atoms with van der Waals surface area (Å²) in [5.41, 5.74) is 0.514. The van der Waals surface area contributed by atoms with E-state index in [4.69, 9.17) is 9.47 Å². The van der Waals surface area contributed by atoms with Gasteiger partial charge < -0.3 is 14.8 Å². The Labute approximate surface area is 128 Å². The Morgan fingerprint density at radius 2 is 1.95 bits per heavy atom. The van der Waals surface area contributed by atoms with E-state index < -0.39 is 0 Å². The Hall–Kier alpha value is -1.22. The smallest absolute Gasteiger partial charge is 0.161 e. The normalized spacial score (nSPS) is 27.9. The molecule has 0 amide bonds. The lowest BCUT2D eigenvalue weighted by Crippen LogP contribution is -2.42. The van der Waals surface area contributed by atoms with Gasteiger partial charge in [-0.25, -0.2) is 0 Å². The van der Waals surface area contributed by atoms with Crippen molar-refractivity contribution in [3.05, 3.63) is 24.3 Å². The van der Waals surface area contributed by atoms with Gasteiger partial charge >= 0.3 is 0 Å². The van der Waals surface area contributed by atoms with E-state index in [1.54, 1.807) is 0 Å². The van der Waals surface area contributed by atoms with Crippen molar-refractivity contribution in [3.8, 4) is 11.5 Å². The summed E-state index contributed by atoms with van der Waals surface area (Å²) in [7, 11) is 0. The van der Waals surface area contributed by atoms with Crippen molar-refractivity contribution in [2.75, 3.05) is 13.2 Å². The number of rotatable bonds is 3. The Bertz CT molecular complexity index is 472. The first kappa shape index (κ1) is 14.7. The van der Waals surface area contributed by atoms with Crippen LogP contribution >= 0.6 is 0 Å². The third-order valence-corrected chi connectivity index (χ3v) is 4.78. The molecular weight excluding hydrogens is 262 g/mol. The van der Waals surface area contributed by atoms with Crippen molar-refractivity contribution in [1.82, 2.24) is 5.32 Å². The maximum absolute atomic E-state index is 6.01. The van der Waals surface area contributed by atoms with Crippen molar-refractivity contribution >= 4 is 0 Å². The summed E-state index contributed by atoms with van der Waals surface area (Å²) in [6, 6.07) is 8.55. The van der Waals surface area contributed by atoms with Crippen molar-refractivity contribution in [3.63, 3.8) is 0 Å². The van der Waals surface area contributed by atoms with Crippen molar-refractivity contribution in [2.24, 2.45) is 5.41 Å². The molecule has 0 aromatic heterocycles. The van der Waals surface area contributed by atoms with E-state index in [0.29, 0.717) is 18.1 Å². The maximum atomic E-state index is 6.01. The van der Waals surface area contributed by atoms with Crippen LogP contribution in [0.3, 0.4) is 0 Å². The van der Waals surface area contributed by atoms with Gasteiger partial charge in [0.2, 0.25) is 0 Å². The highest BCUT2D eigenvalue weighted by atomic mass is 16.6. The molecule has 1 aromatic carbocycles. The lowest BCUT2D eigenvalue weighted by atomic mass is 9.85. The molecule has 3 heteroatoms. The zero-order valence-electron chi connectivity index (χ0n) is 13.2. The minimum atomic E-state index is 0.121. The Kier molecular flexibility index (Phi) is 4.39. The molecule has 1 aliphatic carbocycles. The molecule has 1 heterocycles. The average molecular weight is 289 g/mol. The lowest BCUT2D eigenvalue weighted by molar-refractivity contribution is 0.0875. The molecule has 2 atom stereocenters. The number of para-hydroxylation sites is 2.